The Labute approximate surface area is 170 Å². The molecular formula is C19H29N9O. The molecule has 0 radical (unpaired) electrons. The number of fused-ring (bicyclic) bond motifs is 1. The first-order valence-electron chi connectivity index (χ1n) is 9.65. The zero-order chi connectivity index (χ0) is 21.0. The van der Waals surface area contributed by atoms with E-state index in [1.807, 2.05) is 17.5 Å². The third-order valence-electron chi connectivity index (χ3n) is 4.81. The van der Waals surface area contributed by atoms with Gasteiger partial charge in [0, 0.05) is 58.7 Å². The molecule has 0 bridgehead atoms. The van der Waals surface area contributed by atoms with Crippen molar-refractivity contribution in [3.63, 3.8) is 0 Å². The second-order valence-corrected chi connectivity index (χ2v) is 7.54. The van der Waals surface area contributed by atoms with Gasteiger partial charge in [-0.2, -0.15) is 0 Å². The number of carbonyl (C=O) groups is 1. The summed E-state index contributed by atoms with van der Waals surface area (Å²) >= 11 is 0. The standard InChI is InChI=1S/C19H29N9O/c1-14(2)10-21-19(22-11-16(29)25(4)5)26-8-9-28(15(3)12-26)17-18-24-23-13-27(18)7-6-20-17/h6-7,13,15H,1,8-12H2,2-5H3,(H,21,22). The molecule has 1 unspecified atom stereocenters. The van der Waals surface area contributed by atoms with Gasteiger partial charge in [0.1, 0.15) is 12.9 Å². The fourth-order valence-electron chi connectivity index (χ4n) is 3.19. The molecule has 2 aromatic heterocycles. The lowest BCUT2D eigenvalue weighted by Gasteiger charge is -2.41. The number of aliphatic imine (C=N–C) groups is 1. The minimum absolute atomic E-state index is 0.0333. The molecule has 0 saturated carbocycles. The summed E-state index contributed by atoms with van der Waals surface area (Å²) in [6.07, 6.45) is 5.28. The minimum Gasteiger partial charge on any atom is -0.352 e. The van der Waals surface area contributed by atoms with Crippen molar-refractivity contribution in [1.82, 2.24) is 34.7 Å². The maximum atomic E-state index is 12.0. The van der Waals surface area contributed by atoms with Crippen LogP contribution in [0.2, 0.25) is 0 Å². The van der Waals surface area contributed by atoms with Gasteiger partial charge in [-0.15, -0.1) is 10.2 Å². The van der Waals surface area contributed by atoms with Crippen LogP contribution in [0.3, 0.4) is 0 Å². The van der Waals surface area contributed by atoms with Crippen LogP contribution in [-0.4, -0.2) is 94.1 Å². The first kappa shape index (κ1) is 20.6. The predicted octanol–water partition coefficient (Wildman–Crippen LogP) is 0.245. The van der Waals surface area contributed by atoms with E-state index < -0.39 is 0 Å². The number of anilines is 1. The van der Waals surface area contributed by atoms with E-state index in [9.17, 15) is 4.79 Å². The average molecular weight is 400 g/mol. The van der Waals surface area contributed by atoms with Gasteiger partial charge in [-0.3, -0.25) is 9.20 Å². The van der Waals surface area contributed by atoms with E-state index in [1.165, 1.54) is 0 Å². The quantitative estimate of drug-likeness (QED) is 0.437. The van der Waals surface area contributed by atoms with Crippen LogP contribution in [0.5, 0.6) is 0 Å². The van der Waals surface area contributed by atoms with Gasteiger partial charge in [0.05, 0.1) is 0 Å². The normalized spacial score (nSPS) is 17.5. The summed E-state index contributed by atoms with van der Waals surface area (Å²) in [5.41, 5.74) is 1.75. The summed E-state index contributed by atoms with van der Waals surface area (Å²) in [6, 6.07) is 0.181. The zero-order valence-corrected chi connectivity index (χ0v) is 17.5. The Hall–Kier alpha value is -3.17. The van der Waals surface area contributed by atoms with E-state index in [4.69, 9.17) is 0 Å². The molecule has 10 heteroatoms. The molecule has 0 aromatic carbocycles. The van der Waals surface area contributed by atoms with Crippen LogP contribution in [0, 0.1) is 0 Å². The molecule has 3 rings (SSSR count). The molecule has 1 amide bonds. The van der Waals surface area contributed by atoms with Crippen LogP contribution >= 0.6 is 0 Å². The Bertz CT molecular complexity index is 904. The molecule has 1 saturated heterocycles. The van der Waals surface area contributed by atoms with E-state index in [-0.39, 0.29) is 18.5 Å². The average Bonchev–Trinajstić information content (AvgIpc) is 3.16. The lowest BCUT2D eigenvalue weighted by Crippen LogP contribution is -2.57. The molecule has 10 nitrogen and oxygen atoms in total. The summed E-state index contributed by atoms with van der Waals surface area (Å²) in [7, 11) is 3.47. The molecule has 29 heavy (non-hydrogen) atoms. The Balaban J connectivity index is 1.75. The second kappa shape index (κ2) is 8.89. The summed E-state index contributed by atoms with van der Waals surface area (Å²) in [6.45, 7) is 11.0. The molecule has 1 aliphatic heterocycles. The third-order valence-corrected chi connectivity index (χ3v) is 4.81. The molecule has 1 fully saturated rings. The zero-order valence-electron chi connectivity index (χ0n) is 17.5. The largest absolute Gasteiger partial charge is 0.352 e. The maximum absolute atomic E-state index is 12.0. The van der Waals surface area contributed by atoms with Crippen molar-refractivity contribution in [1.29, 1.82) is 0 Å². The molecule has 2 aromatic rings. The van der Waals surface area contributed by atoms with Crippen molar-refractivity contribution >= 4 is 23.3 Å². The fourth-order valence-corrected chi connectivity index (χ4v) is 3.19. The van der Waals surface area contributed by atoms with Gasteiger partial charge >= 0.3 is 0 Å². The first-order chi connectivity index (χ1) is 13.9. The maximum Gasteiger partial charge on any atom is 0.243 e. The number of nitrogens with one attached hydrogen (secondary N) is 1. The number of hydrogen-bond donors (Lipinski definition) is 1. The highest BCUT2D eigenvalue weighted by Gasteiger charge is 2.28. The van der Waals surface area contributed by atoms with Gasteiger partial charge in [-0.1, -0.05) is 12.2 Å². The summed E-state index contributed by atoms with van der Waals surface area (Å²) in [5.74, 6) is 1.52. The van der Waals surface area contributed by atoms with Crippen LogP contribution in [0.4, 0.5) is 5.82 Å². The number of aromatic nitrogens is 4. The smallest absolute Gasteiger partial charge is 0.243 e. The Morgan fingerprint density at radius 3 is 2.90 bits per heavy atom. The molecule has 1 aliphatic rings. The van der Waals surface area contributed by atoms with Crippen LogP contribution in [-0.2, 0) is 4.79 Å². The monoisotopic (exact) mass is 399 g/mol. The van der Waals surface area contributed by atoms with Crippen molar-refractivity contribution in [3.05, 3.63) is 30.9 Å². The lowest BCUT2D eigenvalue weighted by molar-refractivity contribution is -0.127. The van der Waals surface area contributed by atoms with Crippen molar-refractivity contribution in [2.45, 2.75) is 19.9 Å². The molecule has 0 aliphatic carbocycles. The van der Waals surface area contributed by atoms with Gasteiger partial charge in [0.25, 0.3) is 0 Å². The highest BCUT2D eigenvalue weighted by atomic mass is 16.2. The van der Waals surface area contributed by atoms with Gasteiger partial charge < -0.3 is 20.0 Å². The lowest BCUT2D eigenvalue weighted by atomic mass is 10.2. The van der Waals surface area contributed by atoms with E-state index in [1.54, 1.807) is 31.5 Å². The molecule has 1 N–H and O–H groups in total. The van der Waals surface area contributed by atoms with Crippen molar-refractivity contribution in [3.8, 4) is 0 Å². The van der Waals surface area contributed by atoms with Gasteiger partial charge in [-0.05, 0) is 13.8 Å². The van der Waals surface area contributed by atoms with Crippen molar-refractivity contribution < 1.29 is 4.79 Å². The molecule has 3 heterocycles. The number of likely N-dealkylation sites (N-methyl/N-ethyl adjacent to an activating group) is 1. The van der Waals surface area contributed by atoms with Crippen LogP contribution in [0.1, 0.15) is 13.8 Å². The Kier molecular flexibility index (Phi) is 6.30. The summed E-state index contributed by atoms with van der Waals surface area (Å²) in [4.78, 5) is 27.0. The number of guanidine groups is 1. The number of amides is 1. The van der Waals surface area contributed by atoms with E-state index >= 15 is 0 Å². The molecule has 156 valence electrons. The number of hydrogen-bond acceptors (Lipinski definition) is 6. The highest BCUT2D eigenvalue weighted by Crippen LogP contribution is 2.21. The van der Waals surface area contributed by atoms with E-state index in [0.717, 1.165) is 42.6 Å². The topological polar surface area (TPSA) is 94.3 Å². The third kappa shape index (κ3) is 4.82. The summed E-state index contributed by atoms with van der Waals surface area (Å²) < 4.78 is 1.87. The molecule has 1 atom stereocenters. The Morgan fingerprint density at radius 2 is 2.21 bits per heavy atom. The molecule has 0 spiro atoms. The Morgan fingerprint density at radius 1 is 1.41 bits per heavy atom. The molecular weight excluding hydrogens is 370 g/mol. The fraction of sp³-hybridized carbons (Fsp3) is 0.526. The number of piperazine rings is 1. The van der Waals surface area contributed by atoms with Crippen LogP contribution in [0.25, 0.3) is 5.65 Å². The van der Waals surface area contributed by atoms with Crippen LogP contribution < -0.4 is 10.2 Å². The van der Waals surface area contributed by atoms with E-state index in [0.29, 0.717) is 6.54 Å². The minimum atomic E-state index is -0.0333. The number of carbonyl (C=O) groups excluding carboxylic acids is 1. The highest BCUT2D eigenvalue weighted by molar-refractivity contribution is 5.85. The van der Waals surface area contributed by atoms with E-state index in [2.05, 4.69) is 48.8 Å². The predicted molar refractivity (Wildman–Crippen MR) is 113 cm³/mol. The van der Waals surface area contributed by atoms with Crippen molar-refractivity contribution in [2.24, 2.45) is 4.99 Å². The van der Waals surface area contributed by atoms with Gasteiger partial charge in [0.2, 0.25) is 11.6 Å². The number of nitrogens with zero attached hydrogens (tertiary/aromatic N) is 8. The van der Waals surface area contributed by atoms with Crippen molar-refractivity contribution in [2.75, 3.05) is 51.7 Å². The second-order valence-electron chi connectivity index (χ2n) is 7.54. The van der Waals surface area contributed by atoms with Crippen LogP contribution in [0.15, 0.2) is 35.9 Å². The summed E-state index contributed by atoms with van der Waals surface area (Å²) in [5, 5.41) is 11.5. The van der Waals surface area contributed by atoms with Gasteiger partial charge in [0.15, 0.2) is 11.8 Å². The van der Waals surface area contributed by atoms with Gasteiger partial charge in [-0.25, -0.2) is 9.98 Å². The first-order valence-corrected chi connectivity index (χ1v) is 9.65. The SMILES string of the molecule is C=C(C)CNC(=NCC(=O)N(C)C)N1CCN(c2nccn3cnnc23)C(C)C1. The number of rotatable bonds is 5.